The molecule has 27 heavy (non-hydrogen) atoms. The van der Waals surface area contributed by atoms with Crippen LogP contribution in [0.15, 0.2) is 53.7 Å². The van der Waals surface area contributed by atoms with Crippen molar-refractivity contribution in [2.75, 3.05) is 12.0 Å². The van der Waals surface area contributed by atoms with E-state index in [2.05, 4.69) is 5.16 Å². The Bertz CT molecular complexity index is 938. The van der Waals surface area contributed by atoms with Gasteiger partial charge in [0, 0.05) is 11.6 Å². The van der Waals surface area contributed by atoms with E-state index in [9.17, 15) is 14.0 Å². The normalized spacial score (nSPS) is 14.7. The molecule has 1 heterocycles. The fraction of sp³-hybridized carbons (Fsp3) is 0.105. The van der Waals surface area contributed by atoms with Crippen LogP contribution in [0.3, 0.4) is 0 Å². The summed E-state index contributed by atoms with van der Waals surface area (Å²) >= 11 is 0. The minimum atomic E-state index is -0.629. The molecule has 0 radical (unpaired) electrons. The number of hydrogen-bond acceptors (Lipinski definition) is 5. The largest absolute Gasteiger partial charge is 0.398 e. The highest BCUT2D eigenvalue weighted by atomic mass is 19.1. The van der Waals surface area contributed by atoms with E-state index in [1.165, 1.54) is 47.8 Å². The Labute approximate surface area is 154 Å². The lowest BCUT2D eigenvalue weighted by Crippen LogP contribution is -2.29. The van der Waals surface area contributed by atoms with E-state index in [1.54, 1.807) is 24.3 Å². The second-order valence-electron chi connectivity index (χ2n) is 5.73. The van der Waals surface area contributed by atoms with Crippen LogP contribution in [-0.4, -0.2) is 29.8 Å². The van der Waals surface area contributed by atoms with Crippen molar-refractivity contribution in [3.8, 4) is 0 Å². The number of anilines is 1. The molecule has 0 aromatic heterocycles. The predicted molar refractivity (Wildman–Crippen MR) is 96.5 cm³/mol. The lowest BCUT2D eigenvalue weighted by Gasteiger charge is -2.17. The van der Waals surface area contributed by atoms with Gasteiger partial charge in [-0.05, 0) is 35.4 Å². The highest BCUT2D eigenvalue weighted by Crippen LogP contribution is 2.31. The standard InChI is InChI=1S/C19H16FN3O4/c1-27-22-18-15-10-14(20)7-8-16(15)23(19(18)25)11-13-4-2-12(3-5-13)6-9-17(24)21-26/h2-10,26H,11H2,1H3,(H,21,24)/b9-6+,22-18-. The van der Waals surface area contributed by atoms with Crippen LogP contribution in [0.4, 0.5) is 10.1 Å². The highest BCUT2D eigenvalue weighted by Gasteiger charge is 2.35. The summed E-state index contributed by atoms with van der Waals surface area (Å²) in [7, 11) is 1.32. The van der Waals surface area contributed by atoms with Crippen molar-refractivity contribution in [2.45, 2.75) is 6.54 Å². The van der Waals surface area contributed by atoms with E-state index in [-0.39, 0.29) is 18.2 Å². The van der Waals surface area contributed by atoms with E-state index in [0.717, 1.165) is 11.1 Å². The van der Waals surface area contributed by atoms with Crippen molar-refractivity contribution in [3.05, 3.63) is 71.0 Å². The molecule has 0 unspecified atom stereocenters. The molecule has 1 aliphatic rings. The van der Waals surface area contributed by atoms with Crippen molar-refractivity contribution >= 4 is 29.3 Å². The van der Waals surface area contributed by atoms with Crippen LogP contribution in [-0.2, 0) is 21.0 Å². The number of nitrogens with one attached hydrogen (secondary N) is 1. The van der Waals surface area contributed by atoms with Crippen LogP contribution < -0.4 is 10.4 Å². The molecule has 0 saturated heterocycles. The molecule has 2 aromatic rings. The third-order valence-electron chi connectivity index (χ3n) is 3.99. The number of carbonyl (C=O) groups is 2. The van der Waals surface area contributed by atoms with Crippen molar-refractivity contribution in [1.82, 2.24) is 5.48 Å². The van der Waals surface area contributed by atoms with E-state index in [1.807, 2.05) is 0 Å². The van der Waals surface area contributed by atoms with Crippen LogP contribution in [0.25, 0.3) is 6.08 Å². The van der Waals surface area contributed by atoms with E-state index >= 15 is 0 Å². The summed E-state index contributed by atoms with van der Waals surface area (Å²) in [5, 5.41) is 12.2. The molecule has 0 aliphatic carbocycles. The van der Waals surface area contributed by atoms with Crippen LogP contribution in [0, 0.1) is 5.82 Å². The predicted octanol–water partition coefficient (Wildman–Crippen LogP) is 2.24. The number of halogens is 1. The number of amides is 2. The molecule has 1 aliphatic heterocycles. The highest BCUT2D eigenvalue weighted by molar-refractivity contribution is 6.54. The summed E-state index contributed by atoms with van der Waals surface area (Å²) in [6.45, 7) is 0.265. The van der Waals surface area contributed by atoms with Gasteiger partial charge >= 0.3 is 0 Å². The Morgan fingerprint density at radius 3 is 2.70 bits per heavy atom. The minimum Gasteiger partial charge on any atom is -0.398 e. The van der Waals surface area contributed by atoms with Gasteiger partial charge in [-0.3, -0.25) is 14.8 Å². The molecule has 138 valence electrons. The Balaban J connectivity index is 1.84. The third kappa shape index (κ3) is 3.85. The Kier molecular flexibility index (Phi) is 5.28. The summed E-state index contributed by atoms with van der Waals surface area (Å²) in [5.41, 5.74) is 4.09. The number of benzene rings is 2. The average Bonchev–Trinajstić information content (AvgIpc) is 2.92. The monoisotopic (exact) mass is 369 g/mol. The first-order chi connectivity index (χ1) is 13.0. The number of carbonyl (C=O) groups excluding carboxylic acids is 2. The number of rotatable bonds is 5. The number of hydrogen-bond donors (Lipinski definition) is 2. The van der Waals surface area contributed by atoms with Gasteiger partial charge in [-0.2, -0.15) is 0 Å². The number of oxime groups is 1. The molecule has 3 rings (SSSR count). The summed E-state index contributed by atoms with van der Waals surface area (Å²) in [4.78, 5) is 29.9. The molecule has 2 aromatic carbocycles. The second kappa shape index (κ2) is 7.79. The van der Waals surface area contributed by atoms with Crippen molar-refractivity contribution in [2.24, 2.45) is 5.16 Å². The molecular weight excluding hydrogens is 353 g/mol. The molecular formula is C19H16FN3O4. The van der Waals surface area contributed by atoms with Crippen LogP contribution in [0.1, 0.15) is 16.7 Å². The Morgan fingerprint density at radius 2 is 2.04 bits per heavy atom. The zero-order valence-electron chi connectivity index (χ0n) is 14.3. The maximum Gasteiger partial charge on any atom is 0.281 e. The van der Waals surface area contributed by atoms with E-state index in [4.69, 9.17) is 10.0 Å². The molecule has 0 bridgehead atoms. The fourth-order valence-corrected chi connectivity index (χ4v) is 2.75. The lowest BCUT2D eigenvalue weighted by molar-refractivity contribution is -0.124. The first kappa shape index (κ1) is 18.3. The minimum absolute atomic E-state index is 0.0570. The summed E-state index contributed by atoms with van der Waals surface area (Å²) in [5.74, 6) is -1.47. The maximum absolute atomic E-state index is 13.6. The Hall–Kier alpha value is -3.52. The molecule has 0 saturated carbocycles. The Morgan fingerprint density at radius 1 is 1.30 bits per heavy atom. The van der Waals surface area contributed by atoms with Gasteiger partial charge in [0.15, 0.2) is 5.71 Å². The molecule has 2 amide bonds. The van der Waals surface area contributed by atoms with Crippen LogP contribution >= 0.6 is 0 Å². The molecule has 0 atom stereocenters. The molecule has 0 spiro atoms. The number of nitrogens with zero attached hydrogens (tertiary/aromatic N) is 2. The first-order valence-electron chi connectivity index (χ1n) is 7.97. The third-order valence-corrected chi connectivity index (χ3v) is 3.99. The second-order valence-corrected chi connectivity index (χ2v) is 5.73. The zero-order chi connectivity index (χ0) is 19.4. The smallest absolute Gasteiger partial charge is 0.281 e. The fourth-order valence-electron chi connectivity index (χ4n) is 2.75. The average molecular weight is 369 g/mol. The summed E-state index contributed by atoms with van der Waals surface area (Å²) < 4.78 is 13.6. The zero-order valence-corrected chi connectivity index (χ0v) is 14.3. The lowest BCUT2D eigenvalue weighted by atomic mass is 10.1. The van der Waals surface area contributed by atoms with Crippen LogP contribution in [0.5, 0.6) is 0 Å². The molecule has 8 heteroatoms. The van der Waals surface area contributed by atoms with Gasteiger partial charge in [-0.1, -0.05) is 29.4 Å². The van der Waals surface area contributed by atoms with Crippen molar-refractivity contribution in [3.63, 3.8) is 0 Å². The summed E-state index contributed by atoms with van der Waals surface area (Å²) in [6.07, 6.45) is 2.73. The van der Waals surface area contributed by atoms with Crippen molar-refractivity contribution in [1.29, 1.82) is 0 Å². The van der Waals surface area contributed by atoms with Gasteiger partial charge < -0.3 is 9.74 Å². The topological polar surface area (TPSA) is 91.2 Å². The molecule has 2 N–H and O–H groups in total. The van der Waals surface area contributed by atoms with Gasteiger partial charge in [0.25, 0.3) is 11.8 Å². The quantitative estimate of drug-likeness (QED) is 0.480. The maximum atomic E-state index is 13.6. The van der Waals surface area contributed by atoms with Gasteiger partial charge in [0.2, 0.25) is 0 Å². The van der Waals surface area contributed by atoms with E-state index < -0.39 is 11.7 Å². The van der Waals surface area contributed by atoms with Crippen LogP contribution in [0.2, 0.25) is 0 Å². The van der Waals surface area contributed by atoms with Gasteiger partial charge in [0.05, 0.1) is 12.2 Å². The SMILES string of the molecule is CO/N=C1\C(=O)N(Cc2ccc(/C=C/C(=O)NO)cc2)c2ccc(F)cc21. The van der Waals surface area contributed by atoms with E-state index in [0.29, 0.717) is 11.3 Å². The molecule has 7 nitrogen and oxygen atoms in total. The summed E-state index contributed by atoms with van der Waals surface area (Å²) in [6, 6.07) is 11.2. The number of hydroxylamine groups is 1. The van der Waals surface area contributed by atoms with Crippen molar-refractivity contribution < 1.29 is 24.0 Å². The number of fused-ring (bicyclic) bond motifs is 1. The van der Waals surface area contributed by atoms with Gasteiger partial charge in [-0.15, -0.1) is 0 Å². The molecule has 0 fully saturated rings. The van der Waals surface area contributed by atoms with Gasteiger partial charge in [0.1, 0.15) is 12.9 Å². The first-order valence-corrected chi connectivity index (χ1v) is 7.97. The van der Waals surface area contributed by atoms with Gasteiger partial charge in [-0.25, -0.2) is 9.87 Å².